The van der Waals surface area contributed by atoms with Gasteiger partial charge in [-0.1, -0.05) is 18.2 Å². The monoisotopic (exact) mass is 290 g/mol. The maximum Gasteiger partial charge on any atom is 0.340 e. The van der Waals surface area contributed by atoms with Crippen molar-refractivity contribution in [2.24, 2.45) is 0 Å². The number of nitrogens with one attached hydrogen (secondary N) is 3. The average Bonchev–Trinajstić information content (AvgIpc) is 2.92. The van der Waals surface area contributed by atoms with Crippen LogP contribution in [-0.4, -0.2) is 28.2 Å². The number of aromatic amines is 2. The van der Waals surface area contributed by atoms with Crippen molar-refractivity contribution in [2.75, 3.05) is 7.11 Å². The van der Waals surface area contributed by atoms with E-state index in [-0.39, 0.29) is 17.6 Å². The van der Waals surface area contributed by atoms with Gasteiger partial charge in [-0.2, -0.15) is 5.10 Å². The molecule has 0 aliphatic heterocycles. The highest BCUT2D eigenvalue weighted by Gasteiger charge is 2.13. The number of aromatic nitrogens is 3. The van der Waals surface area contributed by atoms with E-state index in [1.165, 1.54) is 0 Å². The van der Waals surface area contributed by atoms with E-state index in [9.17, 15) is 9.59 Å². The van der Waals surface area contributed by atoms with Crippen molar-refractivity contribution in [3.8, 4) is 5.75 Å². The Hall–Kier alpha value is -2.57. The van der Waals surface area contributed by atoms with Gasteiger partial charge >= 0.3 is 5.69 Å². The predicted octanol–water partition coefficient (Wildman–Crippen LogP) is 0.917. The lowest BCUT2D eigenvalue weighted by Crippen LogP contribution is -2.27. The van der Waals surface area contributed by atoms with Crippen molar-refractivity contribution >= 4 is 5.91 Å². The van der Waals surface area contributed by atoms with Gasteiger partial charge in [0.1, 0.15) is 5.75 Å². The molecule has 0 radical (unpaired) electrons. The Labute approximate surface area is 121 Å². The summed E-state index contributed by atoms with van der Waals surface area (Å²) in [4.78, 5) is 25.4. The summed E-state index contributed by atoms with van der Waals surface area (Å²) in [7, 11) is 1.61. The molecule has 0 fully saturated rings. The van der Waals surface area contributed by atoms with Crippen molar-refractivity contribution in [1.82, 2.24) is 20.5 Å². The van der Waals surface area contributed by atoms with E-state index >= 15 is 0 Å². The highest BCUT2D eigenvalue weighted by molar-refractivity contribution is 5.76. The van der Waals surface area contributed by atoms with Gasteiger partial charge in [-0.15, -0.1) is 0 Å². The fourth-order valence-electron chi connectivity index (χ4n) is 2.03. The van der Waals surface area contributed by atoms with Gasteiger partial charge in [-0.25, -0.2) is 9.89 Å². The molecular formula is C14H18N4O3. The molecular weight excluding hydrogens is 272 g/mol. The molecule has 0 bridgehead atoms. The fraction of sp³-hybridized carbons (Fsp3) is 0.357. The number of benzene rings is 1. The molecule has 1 aromatic carbocycles. The summed E-state index contributed by atoms with van der Waals surface area (Å²) in [5.41, 5.74) is 0.594. The second-order valence-corrected chi connectivity index (χ2v) is 4.66. The van der Waals surface area contributed by atoms with Crippen LogP contribution in [0.3, 0.4) is 0 Å². The minimum atomic E-state index is -0.389. The molecule has 2 aromatic rings. The lowest BCUT2D eigenvalue weighted by Gasteiger charge is -2.11. The van der Waals surface area contributed by atoms with Gasteiger partial charge < -0.3 is 10.1 Å². The Bertz CT molecular complexity index is 662. The fourth-order valence-corrected chi connectivity index (χ4v) is 2.03. The smallest absolute Gasteiger partial charge is 0.340 e. The first-order valence-corrected chi connectivity index (χ1v) is 6.66. The minimum absolute atomic E-state index is 0.114. The number of rotatable bonds is 6. The molecule has 1 atom stereocenters. The summed E-state index contributed by atoms with van der Waals surface area (Å²) in [6.45, 7) is 1.76. The van der Waals surface area contributed by atoms with E-state index in [1.54, 1.807) is 14.0 Å². The van der Waals surface area contributed by atoms with E-state index in [2.05, 4.69) is 20.5 Å². The largest absolute Gasteiger partial charge is 0.496 e. The summed E-state index contributed by atoms with van der Waals surface area (Å²) in [6.07, 6.45) is 0.916. The summed E-state index contributed by atoms with van der Waals surface area (Å²) in [5, 5.41) is 8.84. The van der Waals surface area contributed by atoms with Gasteiger partial charge in [0.2, 0.25) is 5.91 Å². The van der Waals surface area contributed by atoms with E-state index in [4.69, 9.17) is 4.74 Å². The molecule has 0 aliphatic carbocycles. The molecule has 7 heteroatoms. The molecule has 0 spiro atoms. The molecule has 2 rings (SSSR count). The van der Waals surface area contributed by atoms with Crippen molar-refractivity contribution in [3.05, 3.63) is 46.1 Å². The SMILES string of the molecule is COc1ccccc1CCC(=O)N[C@H](C)c1n[nH]c(=O)[nH]1. The first-order chi connectivity index (χ1) is 10.1. The zero-order valence-corrected chi connectivity index (χ0v) is 12.0. The summed E-state index contributed by atoms with van der Waals surface area (Å²) >= 11 is 0. The lowest BCUT2D eigenvalue weighted by atomic mass is 10.1. The number of para-hydroxylation sites is 1. The number of hydrogen-bond acceptors (Lipinski definition) is 4. The molecule has 0 saturated carbocycles. The number of aryl methyl sites for hydroxylation is 1. The average molecular weight is 290 g/mol. The Balaban J connectivity index is 1.89. The Morgan fingerprint density at radius 1 is 1.43 bits per heavy atom. The molecule has 7 nitrogen and oxygen atoms in total. The molecule has 1 amide bonds. The van der Waals surface area contributed by atoms with Crippen molar-refractivity contribution < 1.29 is 9.53 Å². The molecule has 21 heavy (non-hydrogen) atoms. The summed E-state index contributed by atoms with van der Waals surface area (Å²) in [5.74, 6) is 1.07. The summed E-state index contributed by atoms with van der Waals surface area (Å²) < 4.78 is 5.25. The van der Waals surface area contributed by atoms with Gasteiger partial charge in [0.25, 0.3) is 0 Å². The number of carbonyl (C=O) groups excluding carboxylic acids is 1. The van der Waals surface area contributed by atoms with Gasteiger partial charge in [0.15, 0.2) is 5.82 Å². The Kier molecular flexibility index (Phi) is 4.76. The maximum atomic E-state index is 11.9. The normalized spacial score (nSPS) is 11.9. The molecule has 112 valence electrons. The highest BCUT2D eigenvalue weighted by Crippen LogP contribution is 2.18. The molecule has 0 saturated heterocycles. The molecule has 1 heterocycles. The van der Waals surface area contributed by atoms with Crippen LogP contribution in [0.2, 0.25) is 0 Å². The molecule has 1 aromatic heterocycles. The van der Waals surface area contributed by atoms with Crippen LogP contribution in [0.1, 0.15) is 30.8 Å². The van der Waals surface area contributed by atoms with Crippen LogP contribution in [0.4, 0.5) is 0 Å². The molecule has 3 N–H and O–H groups in total. The summed E-state index contributed by atoms with van der Waals surface area (Å²) in [6, 6.07) is 7.24. The maximum absolute atomic E-state index is 11.9. The lowest BCUT2D eigenvalue weighted by molar-refractivity contribution is -0.121. The number of ether oxygens (including phenoxy) is 1. The van der Waals surface area contributed by atoms with Gasteiger partial charge in [0.05, 0.1) is 13.2 Å². The van der Waals surface area contributed by atoms with Crippen LogP contribution < -0.4 is 15.7 Å². The molecule has 0 aliphatic rings. The Morgan fingerprint density at radius 2 is 2.19 bits per heavy atom. The first-order valence-electron chi connectivity index (χ1n) is 6.66. The van der Waals surface area contributed by atoms with Gasteiger partial charge in [-0.3, -0.25) is 9.78 Å². The van der Waals surface area contributed by atoms with Crippen LogP contribution >= 0.6 is 0 Å². The minimum Gasteiger partial charge on any atom is -0.496 e. The second kappa shape index (κ2) is 6.74. The highest BCUT2D eigenvalue weighted by atomic mass is 16.5. The number of hydrogen-bond donors (Lipinski definition) is 3. The van der Waals surface area contributed by atoms with Crippen LogP contribution in [0.15, 0.2) is 29.1 Å². The zero-order valence-electron chi connectivity index (χ0n) is 12.0. The standard InChI is InChI=1S/C14H18N4O3/c1-9(13-16-14(20)18-17-13)15-12(19)8-7-10-5-3-4-6-11(10)21-2/h3-6,9H,7-8H2,1-2H3,(H,15,19)(H2,16,17,18,20)/t9-/m1/s1. The predicted molar refractivity (Wildman–Crippen MR) is 77.1 cm³/mol. The number of nitrogens with zero attached hydrogens (tertiary/aromatic N) is 1. The van der Waals surface area contributed by atoms with E-state index in [0.29, 0.717) is 18.7 Å². The van der Waals surface area contributed by atoms with Crippen molar-refractivity contribution in [3.63, 3.8) is 0 Å². The van der Waals surface area contributed by atoms with E-state index in [0.717, 1.165) is 11.3 Å². The number of carbonyl (C=O) groups is 1. The number of methoxy groups -OCH3 is 1. The second-order valence-electron chi connectivity index (χ2n) is 4.66. The third-order valence-electron chi connectivity index (χ3n) is 3.12. The van der Waals surface area contributed by atoms with Crippen LogP contribution in [-0.2, 0) is 11.2 Å². The van der Waals surface area contributed by atoms with Gasteiger partial charge in [-0.05, 0) is 25.0 Å². The quantitative estimate of drug-likeness (QED) is 0.736. The third kappa shape index (κ3) is 3.95. The Morgan fingerprint density at radius 3 is 2.86 bits per heavy atom. The zero-order chi connectivity index (χ0) is 15.2. The van der Waals surface area contributed by atoms with E-state index in [1.807, 2.05) is 24.3 Å². The van der Waals surface area contributed by atoms with Gasteiger partial charge in [0, 0.05) is 6.42 Å². The van der Waals surface area contributed by atoms with Crippen molar-refractivity contribution in [2.45, 2.75) is 25.8 Å². The molecule has 0 unspecified atom stereocenters. The van der Waals surface area contributed by atoms with Crippen LogP contribution in [0.5, 0.6) is 5.75 Å². The number of H-pyrrole nitrogens is 2. The first kappa shape index (κ1) is 14.8. The van der Waals surface area contributed by atoms with Crippen LogP contribution in [0.25, 0.3) is 0 Å². The van der Waals surface area contributed by atoms with Crippen LogP contribution in [0, 0.1) is 0 Å². The van der Waals surface area contributed by atoms with Crippen molar-refractivity contribution in [1.29, 1.82) is 0 Å². The van der Waals surface area contributed by atoms with E-state index < -0.39 is 0 Å². The third-order valence-corrected chi connectivity index (χ3v) is 3.12. The number of amides is 1. The topological polar surface area (TPSA) is 99.9 Å².